The summed E-state index contributed by atoms with van der Waals surface area (Å²) in [5.41, 5.74) is 1.88. The minimum Gasteiger partial charge on any atom is -0.497 e. The molecule has 1 heterocycles. The Morgan fingerprint density at radius 2 is 2.22 bits per heavy atom. The van der Waals surface area contributed by atoms with Gasteiger partial charge in [0.25, 0.3) is 0 Å². The lowest BCUT2D eigenvalue weighted by molar-refractivity contribution is 0.415. The molecule has 1 aromatic carbocycles. The van der Waals surface area contributed by atoms with E-state index in [0.29, 0.717) is 5.02 Å². The van der Waals surface area contributed by atoms with Gasteiger partial charge in [0.15, 0.2) is 0 Å². The Morgan fingerprint density at radius 1 is 1.44 bits per heavy atom. The lowest BCUT2D eigenvalue weighted by atomic mass is 10.2. The smallest absolute Gasteiger partial charge is 0.121 e. The average Bonchev–Trinajstić information content (AvgIpc) is 2.79. The highest BCUT2D eigenvalue weighted by atomic mass is 35.5. The van der Waals surface area contributed by atoms with Gasteiger partial charge in [0, 0.05) is 11.4 Å². The zero-order valence-electron chi connectivity index (χ0n) is 10.5. The molecule has 5 heteroatoms. The van der Waals surface area contributed by atoms with E-state index in [1.807, 2.05) is 25.1 Å². The minimum atomic E-state index is 0.111. The molecule has 0 aliphatic rings. The number of ether oxygens (including phenoxy) is 1. The number of aromatic nitrogens is 1. The standard InChI is InChI=1S/C13H15ClN2OS/c1-8(13-7-18-9(2)16-13)15-12-6-10(17-3)4-5-11(12)14/h4-8,15H,1-3H3. The highest BCUT2D eigenvalue weighted by Gasteiger charge is 2.11. The lowest BCUT2D eigenvalue weighted by Crippen LogP contribution is -2.07. The van der Waals surface area contributed by atoms with E-state index in [1.165, 1.54) is 0 Å². The van der Waals surface area contributed by atoms with Crippen LogP contribution in [0.5, 0.6) is 5.75 Å². The fourth-order valence-electron chi connectivity index (χ4n) is 1.63. The second-order valence-electron chi connectivity index (χ2n) is 4.00. The maximum atomic E-state index is 6.15. The van der Waals surface area contributed by atoms with Crippen LogP contribution in [-0.2, 0) is 0 Å². The number of halogens is 1. The van der Waals surface area contributed by atoms with Crippen molar-refractivity contribution in [3.8, 4) is 5.75 Å². The fraction of sp³-hybridized carbons (Fsp3) is 0.308. The molecule has 1 aromatic heterocycles. The molecule has 1 N–H and O–H groups in total. The quantitative estimate of drug-likeness (QED) is 0.908. The predicted octanol–water partition coefficient (Wildman–Crippen LogP) is 4.29. The summed E-state index contributed by atoms with van der Waals surface area (Å²) in [6, 6.07) is 5.66. The molecule has 0 fully saturated rings. The van der Waals surface area contributed by atoms with Crippen LogP contribution in [0.3, 0.4) is 0 Å². The number of nitrogens with zero attached hydrogens (tertiary/aromatic N) is 1. The van der Waals surface area contributed by atoms with Crippen LogP contribution in [0.1, 0.15) is 23.7 Å². The van der Waals surface area contributed by atoms with Gasteiger partial charge in [0.1, 0.15) is 5.75 Å². The first kappa shape index (κ1) is 13.2. The molecule has 2 aromatic rings. The van der Waals surface area contributed by atoms with E-state index in [2.05, 4.69) is 22.6 Å². The Kier molecular flexibility index (Phi) is 4.09. The maximum Gasteiger partial charge on any atom is 0.121 e. The van der Waals surface area contributed by atoms with Crippen molar-refractivity contribution in [2.45, 2.75) is 19.9 Å². The molecule has 18 heavy (non-hydrogen) atoms. The molecule has 0 amide bonds. The molecule has 0 aliphatic carbocycles. The van der Waals surface area contributed by atoms with Crippen molar-refractivity contribution in [3.05, 3.63) is 39.3 Å². The highest BCUT2D eigenvalue weighted by Crippen LogP contribution is 2.30. The molecule has 0 saturated carbocycles. The van der Waals surface area contributed by atoms with Crippen LogP contribution >= 0.6 is 22.9 Å². The van der Waals surface area contributed by atoms with Crippen LogP contribution in [0, 0.1) is 6.92 Å². The van der Waals surface area contributed by atoms with Gasteiger partial charge in [-0.25, -0.2) is 4.98 Å². The summed E-state index contributed by atoms with van der Waals surface area (Å²) in [6.07, 6.45) is 0. The second-order valence-corrected chi connectivity index (χ2v) is 5.47. The van der Waals surface area contributed by atoms with Crippen molar-refractivity contribution >= 4 is 28.6 Å². The third-order valence-electron chi connectivity index (χ3n) is 2.63. The number of rotatable bonds is 4. The molecule has 2 rings (SSSR count). The molecule has 0 spiro atoms. The summed E-state index contributed by atoms with van der Waals surface area (Å²) in [6.45, 7) is 4.06. The number of thiazole rings is 1. The van der Waals surface area contributed by atoms with E-state index >= 15 is 0 Å². The van der Waals surface area contributed by atoms with E-state index in [0.717, 1.165) is 22.1 Å². The Bertz CT molecular complexity index is 542. The number of hydrogen-bond donors (Lipinski definition) is 1. The van der Waals surface area contributed by atoms with Crippen LogP contribution in [-0.4, -0.2) is 12.1 Å². The Morgan fingerprint density at radius 3 is 2.83 bits per heavy atom. The zero-order valence-corrected chi connectivity index (χ0v) is 12.1. The number of nitrogens with one attached hydrogen (secondary N) is 1. The van der Waals surface area contributed by atoms with Crippen molar-refractivity contribution in [1.82, 2.24) is 4.98 Å². The first-order valence-corrected chi connectivity index (χ1v) is 6.88. The van der Waals surface area contributed by atoms with E-state index in [-0.39, 0.29) is 6.04 Å². The molecule has 0 saturated heterocycles. The van der Waals surface area contributed by atoms with Gasteiger partial charge in [-0.1, -0.05) is 11.6 Å². The Labute approximate surface area is 116 Å². The zero-order chi connectivity index (χ0) is 13.1. The normalized spacial score (nSPS) is 12.2. The van der Waals surface area contributed by atoms with E-state index in [4.69, 9.17) is 16.3 Å². The van der Waals surface area contributed by atoms with Crippen molar-refractivity contribution in [3.63, 3.8) is 0 Å². The third kappa shape index (κ3) is 2.94. The number of benzene rings is 1. The van der Waals surface area contributed by atoms with Crippen LogP contribution in [0.25, 0.3) is 0 Å². The van der Waals surface area contributed by atoms with Gasteiger partial charge >= 0.3 is 0 Å². The summed E-state index contributed by atoms with van der Waals surface area (Å²) in [5, 5.41) is 7.14. The number of aryl methyl sites for hydroxylation is 1. The van der Waals surface area contributed by atoms with Crippen molar-refractivity contribution in [1.29, 1.82) is 0 Å². The molecule has 0 aliphatic heterocycles. The largest absolute Gasteiger partial charge is 0.497 e. The SMILES string of the molecule is COc1ccc(Cl)c(NC(C)c2csc(C)n2)c1. The molecule has 1 unspecified atom stereocenters. The van der Waals surface area contributed by atoms with Gasteiger partial charge in [0.05, 0.1) is 34.6 Å². The first-order valence-electron chi connectivity index (χ1n) is 5.62. The van der Waals surface area contributed by atoms with Crippen LogP contribution in [0.15, 0.2) is 23.6 Å². The summed E-state index contributed by atoms with van der Waals surface area (Å²) in [7, 11) is 1.64. The monoisotopic (exact) mass is 282 g/mol. The number of hydrogen-bond acceptors (Lipinski definition) is 4. The molecule has 0 radical (unpaired) electrons. The van der Waals surface area contributed by atoms with E-state index in [9.17, 15) is 0 Å². The van der Waals surface area contributed by atoms with Gasteiger partial charge in [0.2, 0.25) is 0 Å². The molecular weight excluding hydrogens is 268 g/mol. The number of methoxy groups -OCH3 is 1. The van der Waals surface area contributed by atoms with Crippen molar-refractivity contribution in [2.24, 2.45) is 0 Å². The third-order valence-corrected chi connectivity index (χ3v) is 3.75. The predicted molar refractivity (Wildman–Crippen MR) is 76.9 cm³/mol. The van der Waals surface area contributed by atoms with E-state index in [1.54, 1.807) is 18.4 Å². The molecular formula is C13H15ClN2OS. The van der Waals surface area contributed by atoms with Crippen LogP contribution in [0.4, 0.5) is 5.69 Å². The summed E-state index contributed by atoms with van der Waals surface area (Å²) < 4.78 is 5.19. The fourth-order valence-corrected chi connectivity index (χ4v) is 2.51. The topological polar surface area (TPSA) is 34.1 Å². The second kappa shape index (κ2) is 5.59. The van der Waals surface area contributed by atoms with Gasteiger partial charge < -0.3 is 10.1 Å². The van der Waals surface area contributed by atoms with E-state index < -0.39 is 0 Å². The summed E-state index contributed by atoms with van der Waals surface area (Å²) >= 11 is 7.80. The van der Waals surface area contributed by atoms with Gasteiger partial charge in [-0.05, 0) is 26.0 Å². The molecule has 96 valence electrons. The Hall–Kier alpha value is -1.26. The molecule has 1 atom stereocenters. The van der Waals surface area contributed by atoms with Crippen molar-refractivity contribution < 1.29 is 4.74 Å². The summed E-state index contributed by atoms with van der Waals surface area (Å²) in [5.74, 6) is 0.781. The summed E-state index contributed by atoms with van der Waals surface area (Å²) in [4.78, 5) is 4.46. The molecule has 0 bridgehead atoms. The highest BCUT2D eigenvalue weighted by molar-refractivity contribution is 7.09. The van der Waals surface area contributed by atoms with Gasteiger partial charge in [-0.3, -0.25) is 0 Å². The Balaban J connectivity index is 2.18. The lowest BCUT2D eigenvalue weighted by Gasteiger charge is -2.15. The molecule has 3 nitrogen and oxygen atoms in total. The average molecular weight is 283 g/mol. The van der Waals surface area contributed by atoms with Crippen LogP contribution < -0.4 is 10.1 Å². The van der Waals surface area contributed by atoms with Gasteiger partial charge in [-0.15, -0.1) is 11.3 Å². The maximum absolute atomic E-state index is 6.15. The van der Waals surface area contributed by atoms with Crippen LogP contribution in [0.2, 0.25) is 5.02 Å². The van der Waals surface area contributed by atoms with Gasteiger partial charge in [-0.2, -0.15) is 0 Å². The van der Waals surface area contributed by atoms with Crippen molar-refractivity contribution in [2.75, 3.05) is 12.4 Å². The minimum absolute atomic E-state index is 0.111. The number of anilines is 1. The first-order chi connectivity index (χ1) is 8.60.